The van der Waals surface area contributed by atoms with Crippen molar-refractivity contribution in [3.8, 4) is 11.3 Å². The molecule has 0 aliphatic rings. The molecule has 2 heteroatoms. The Labute approximate surface area is 98.9 Å². The van der Waals surface area contributed by atoms with Crippen LogP contribution >= 0.6 is 0 Å². The lowest BCUT2D eigenvalue weighted by atomic mass is 10.1. The minimum absolute atomic E-state index is 0.202. The quantitative estimate of drug-likeness (QED) is 0.636. The van der Waals surface area contributed by atoms with Crippen molar-refractivity contribution in [2.75, 3.05) is 0 Å². The van der Waals surface area contributed by atoms with Gasteiger partial charge in [-0.1, -0.05) is 23.8 Å². The minimum Gasteiger partial charge on any atom is -0.355 e. The van der Waals surface area contributed by atoms with Gasteiger partial charge in [-0.15, -0.1) is 0 Å². The number of aryl methyl sites for hydroxylation is 1. The fraction of sp³-hybridized carbons (Fsp3) is 0.0667. The van der Waals surface area contributed by atoms with Crippen molar-refractivity contribution in [2.45, 2.75) is 6.92 Å². The topological polar surface area (TPSA) is 15.8 Å². The molecular weight excluding hydrogens is 213 g/mol. The van der Waals surface area contributed by atoms with Gasteiger partial charge in [-0.05, 0) is 42.8 Å². The lowest BCUT2D eigenvalue weighted by Crippen LogP contribution is -1.78. The predicted octanol–water partition coefficient (Wildman–Crippen LogP) is 4.28. The van der Waals surface area contributed by atoms with Crippen LogP contribution in [0.5, 0.6) is 0 Å². The number of fused-ring (bicyclic) bond motifs is 1. The molecule has 0 saturated carbocycles. The van der Waals surface area contributed by atoms with Crippen molar-refractivity contribution in [2.24, 2.45) is 0 Å². The number of hydrogen-bond donors (Lipinski definition) is 1. The molecule has 3 aromatic rings. The molecule has 1 nitrogen and oxygen atoms in total. The first-order chi connectivity index (χ1) is 8.22. The summed E-state index contributed by atoms with van der Waals surface area (Å²) in [5.41, 5.74) is 4.33. The third kappa shape index (κ3) is 1.82. The Kier molecular flexibility index (Phi) is 2.22. The van der Waals surface area contributed by atoms with Gasteiger partial charge in [0.2, 0.25) is 0 Å². The Morgan fingerprint density at radius 3 is 2.71 bits per heavy atom. The van der Waals surface area contributed by atoms with Crippen molar-refractivity contribution >= 4 is 10.9 Å². The van der Waals surface area contributed by atoms with E-state index in [9.17, 15) is 4.39 Å². The van der Waals surface area contributed by atoms with Gasteiger partial charge in [0.15, 0.2) is 0 Å². The molecule has 84 valence electrons. The van der Waals surface area contributed by atoms with E-state index in [1.165, 1.54) is 11.6 Å². The lowest BCUT2D eigenvalue weighted by molar-refractivity contribution is 0.630. The van der Waals surface area contributed by atoms with Gasteiger partial charge in [-0.25, -0.2) is 4.39 Å². The number of nitrogens with one attached hydrogen (secondary N) is 1. The molecule has 1 N–H and O–H groups in total. The monoisotopic (exact) mass is 225 g/mol. The lowest BCUT2D eigenvalue weighted by Gasteiger charge is -1.98. The highest BCUT2D eigenvalue weighted by molar-refractivity contribution is 5.85. The number of rotatable bonds is 1. The summed E-state index contributed by atoms with van der Waals surface area (Å²) in [6, 6.07) is 15.0. The van der Waals surface area contributed by atoms with Crippen LogP contribution in [-0.2, 0) is 0 Å². The molecule has 0 saturated heterocycles. The van der Waals surface area contributed by atoms with Crippen LogP contribution in [0.4, 0.5) is 4.39 Å². The fourth-order valence-corrected chi connectivity index (χ4v) is 2.07. The van der Waals surface area contributed by atoms with Gasteiger partial charge in [-0.3, -0.25) is 0 Å². The van der Waals surface area contributed by atoms with E-state index in [0.29, 0.717) is 0 Å². The van der Waals surface area contributed by atoms with E-state index in [4.69, 9.17) is 0 Å². The number of hydrogen-bond acceptors (Lipinski definition) is 0. The summed E-state index contributed by atoms with van der Waals surface area (Å²) in [6.45, 7) is 2.06. The summed E-state index contributed by atoms with van der Waals surface area (Å²) in [6.07, 6.45) is 0. The van der Waals surface area contributed by atoms with Gasteiger partial charge in [0.1, 0.15) is 5.82 Å². The second kappa shape index (κ2) is 3.74. The summed E-state index contributed by atoms with van der Waals surface area (Å²) < 4.78 is 13.1. The molecule has 1 aromatic heterocycles. The van der Waals surface area contributed by atoms with Crippen molar-refractivity contribution < 1.29 is 4.39 Å². The molecule has 0 amide bonds. The highest BCUT2D eigenvalue weighted by Crippen LogP contribution is 2.25. The van der Waals surface area contributed by atoms with Crippen LogP contribution in [0.1, 0.15) is 5.56 Å². The Hall–Kier alpha value is -2.09. The Morgan fingerprint density at radius 1 is 1.00 bits per heavy atom. The van der Waals surface area contributed by atoms with Crippen LogP contribution in [0.25, 0.3) is 22.2 Å². The van der Waals surface area contributed by atoms with Crippen LogP contribution in [0.15, 0.2) is 48.5 Å². The first-order valence-electron chi connectivity index (χ1n) is 5.58. The molecule has 0 aliphatic carbocycles. The Balaban J connectivity index is 2.18. The molecule has 0 aliphatic heterocycles. The molecule has 0 unspecified atom stereocenters. The first kappa shape index (κ1) is 10.1. The predicted molar refractivity (Wildman–Crippen MR) is 68.4 cm³/mol. The largest absolute Gasteiger partial charge is 0.355 e. The Bertz CT molecular complexity index is 682. The highest BCUT2D eigenvalue weighted by Gasteiger charge is 2.04. The molecule has 0 fully saturated rings. The molecule has 0 atom stereocenters. The van der Waals surface area contributed by atoms with E-state index >= 15 is 0 Å². The second-order valence-corrected chi connectivity index (χ2v) is 4.28. The zero-order valence-electron chi connectivity index (χ0n) is 9.50. The van der Waals surface area contributed by atoms with Crippen LogP contribution < -0.4 is 0 Å². The maximum atomic E-state index is 13.1. The maximum Gasteiger partial charge on any atom is 0.123 e. The van der Waals surface area contributed by atoms with Crippen LogP contribution in [-0.4, -0.2) is 4.98 Å². The van der Waals surface area contributed by atoms with Crippen molar-refractivity contribution in [1.29, 1.82) is 0 Å². The summed E-state index contributed by atoms with van der Waals surface area (Å²) in [5, 5.41) is 0.904. The molecular formula is C15H12FN. The van der Waals surface area contributed by atoms with Crippen LogP contribution in [0.3, 0.4) is 0 Å². The molecule has 0 bridgehead atoms. The molecule has 1 heterocycles. The van der Waals surface area contributed by atoms with Gasteiger partial charge in [-0.2, -0.15) is 0 Å². The van der Waals surface area contributed by atoms with Gasteiger partial charge >= 0.3 is 0 Å². The Morgan fingerprint density at radius 2 is 1.88 bits per heavy atom. The normalized spacial score (nSPS) is 10.9. The molecule has 3 rings (SSSR count). The highest BCUT2D eigenvalue weighted by atomic mass is 19.1. The van der Waals surface area contributed by atoms with Crippen molar-refractivity contribution in [3.63, 3.8) is 0 Å². The van der Waals surface area contributed by atoms with E-state index in [1.807, 2.05) is 18.2 Å². The minimum atomic E-state index is -0.202. The van der Waals surface area contributed by atoms with Gasteiger partial charge in [0, 0.05) is 16.6 Å². The zero-order chi connectivity index (χ0) is 11.8. The van der Waals surface area contributed by atoms with E-state index < -0.39 is 0 Å². The van der Waals surface area contributed by atoms with Crippen LogP contribution in [0, 0.1) is 12.7 Å². The fourth-order valence-electron chi connectivity index (χ4n) is 2.07. The second-order valence-electron chi connectivity index (χ2n) is 4.28. The smallest absolute Gasteiger partial charge is 0.123 e. The SMILES string of the molecule is Cc1cccc(-c2cc3cc(F)ccc3[nH]2)c1. The summed E-state index contributed by atoms with van der Waals surface area (Å²) >= 11 is 0. The summed E-state index contributed by atoms with van der Waals surface area (Å²) in [5.74, 6) is -0.202. The standard InChI is InChI=1S/C15H12FN/c1-10-3-2-4-11(7-10)15-9-12-8-13(16)5-6-14(12)17-15/h2-9,17H,1H3. The maximum absolute atomic E-state index is 13.1. The summed E-state index contributed by atoms with van der Waals surface area (Å²) in [4.78, 5) is 3.30. The number of aromatic nitrogens is 1. The third-order valence-corrected chi connectivity index (χ3v) is 2.91. The van der Waals surface area contributed by atoms with E-state index in [1.54, 1.807) is 12.1 Å². The van der Waals surface area contributed by atoms with Gasteiger partial charge in [0.05, 0.1) is 0 Å². The van der Waals surface area contributed by atoms with E-state index in [2.05, 4.69) is 24.0 Å². The number of H-pyrrole nitrogens is 1. The molecule has 2 aromatic carbocycles. The zero-order valence-corrected chi connectivity index (χ0v) is 9.50. The number of aromatic amines is 1. The van der Waals surface area contributed by atoms with Gasteiger partial charge < -0.3 is 4.98 Å². The average Bonchev–Trinajstić information content (AvgIpc) is 2.72. The average molecular weight is 225 g/mol. The summed E-state index contributed by atoms with van der Waals surface area (Å²) in [7, 11) is 0. The molecule has 0 radical (unpaired) electrons. The van der Waals surface area contributed by atoms with Crippen molar-refractivity contribution in [3.05, 3.63) is 59.9 Å². The molecule has 17 heavy (non-hydrogen) atoms. The third-order valence-electron chi connectivity index (χ3n) is 2.91. The van der Waals surface area contributed by atoms with Crippen molar-refractivity contribution in [1.82, 2.24) is 4.98 Å². The van der Waals surface area contributed by atoms with Crippen LogP contribution in [0.2, 0.25) is 0 Å². The number of halogens is 1. The molecule has 0 spiro atoms. The van der Waals surface area contributed by atoms with E-state index in [-0.39, 0.29) is 5.82 Å². The van der Waals surface area contributed by atoms with E-state index in [0.717, 1.165) is 22.2 Å². The van der Waals surface area contributed by atoms with Gasteiger partial charge in [0.25, 0.3) is 0 Å². The number of benzene rings is 2. The first-order valence-corrected chi connectivity index (χ1v) is 5.58.